The van der Waals surface area contributed by atoms with Gasteiger partial charge >= 0.3 is 5.97 Å². The predicted molar refractivity (Wildman–Crippen MR) is 82.0 cm³/mol. The molecule has 114 valence electrons. The van der Waals surface area contributed by atoms with Crippen molar-refractivity contribution in [1.29, 1.82) is 0 Å². The van der Waals surface area contributed by atoms with Gasteiger partial charge in [0.05, 0.1) is 12.1 Å². The van der Waals surface area contributed by atoms with Crippen molar-refractivity contribution in [3.63, 3.8) is 0 Å². The van der Waals surface area contributed by atoms with Crippen molar-refractivity contribution in [2.24, 2.45) is 5.16 Å². The molecule has 2 rings (SSSR count). The molecule has 0 aliphatic rings. The van der Waals surface area contributed by atoms with E-state index in [2.05, 4.69) is 5.16 Å². The lowest BCUT2D eigenvalue weighted by molar-refractivity contribution is -0.136. The molecule has 2 aromatic carbocycles. The summed E-state index contributed by atoms with van der Waals surface area (Å²) in [6, 6.07) is 11.1. The third-order valence-corrected chi connectivity index (χ3v) is 3.41. The second-order valence-electron chi connectivity index (χ2n) is 4.64. The van der Waals surface area contributed by atoms with E-state index in [0.717, 1.165) is 0 Å². The maximum Gasteiger partial charge on any atom is 0.303 e. The zero-order valence-corrected chi connectivity index (χ0v) is 12.2. The van der Waals surface area contributed by atoms with Gasteiger partial charge in [0.25, 0.3) is 0 Å². The van der Waals surface area contributed by atoms with E-state index in [0.29, 0.717) is 21.7 Å². The number of benzene rings is 2. The van der Waals surface area contributed by atoms with Crippen LogP contribution >= 0.6 is 11.6 Å². The van der Waals surface area contributed by atoms with Crippen molar-refractivity contribution >= 4 is 23.3 Å². The zero-order valence-electron chi connectivity index (χ0n) is 11.5. The third kappa shape index (κ3) is 3.83. The molecule has 0 atom stereocenters. The standard InChI is InChI=1S/C16H13ClFNO3/c17-12-4-1-10(2-5-12)13-6-3-11(9-14(13)18)15(19-22)7-8-16(20)21/h1-6,9,22H,7-8H2,(H,20,21). The van der Waals surface area contributed by atoms with Crippen molar-refractivity contribution in [3.8, 4) is 11.1 Å². The molecule has 4 nitrogen and oxygen atoms in total. The number of nitrogens with zero attached hydrogens (tertiary/aromatic N) is 1. The average molecular weight is 322 g/mol. The van der Waals surface area contributed by atoms with Gasteiger partial charge in [0.15, 0.2) is 0 Å². The minimum Gasteiger partial charge on any atom is -0.481 e. The number of carboxylic acid groups (broad SMARTS) is 1. The van der Waals surface area contributed by atoms with Crippen LogP contribution in [0.5, 0.6) is 0 Å². The maximum atomic E-state index is 14.2. The summed E-state index contributed by atoms with van der Waals surface area (Å²) >= 11 is 5.80. The first kappa shape index (κ1) is 16.0. The van der Waals surface area contributed by atoms with E-state index in [-0.39, 0.29) is 18.6 Å². The van der Waals surface area contributed by atoms with E-state index in [1.54, 1.807) is 36.4 Å². The van der Waals surface area contributed by atoms with Crippen molar-refractivity contribution in [2.75, 3.05) is 0 Å². The summed E-state index contributed by atoms with van der Waals surface area (Å²) in [4.78, 5) is 10.6. The van der Waals surface area contributed by atoms with E-state index in [1.807, 2.05) is 0 Å². The number of hydrogen-bond donors (Lipinski definition) is 2. The van der Waals surface area contributed by atoms with Gasteiger partial charge in [-0.05, 0) is 23.8 Å². The predicted octanol–water partition coefficient (Wildman–Crippen LogP) is 4.19. The summed E-state index contributed by atoms with van der Waals surface area (Å²) in [5.41, 5.74) is 1.53. The van der Waals surface area contributed by atoms with Crippen LogP contribution in [0.4, 0.5) is 4.39 Å². The molecule has 0 aliphatic carbocycles. The molecule has 0 spiro atoms. The van der Waals surface area contributed by atoms with Gasteiger partial charge in [-0.25, -0.2) is 4.39 Å². The normalized spacial score (nSPS) is 11.5. The smallest absolute Gasteiger partial charge is 0.303 e. The Morgan fingerprint density at radius 1 is 1.14 bits per heavy atom. The fraction of sp³-hybridized carbons (Fsp3) is 0.125. The van der Waals surface area contributed by atoms with Crippen LogP contribution in [0.3, 0.4) is 0 Å². The lowest BCUT2D eigenvalue weighted by Crippen LogP contribution is -2.06. The first-order chi connectivity index (χ1) is 10.5. The summed E-state index contributed by atoms with van der Waals surface area (Å²) in [5, 5.41) is 21.2. The molecule has 0 unspecified atom stereocenters. The molecule has 0 bridgehead atoms. The average Bonchev–Trinajstić information content (AvgIpc) is 2.49. The van der Waals surface area contributed by atoms with Gasteiger partial charge in [-0.3, -0.25) is 4.79 Å². The Kier molecular flexibility index (Phi) is 5.12. The molecule has 0 fully saturated rings. The Morgan fingerprint density at radius 3 is 2.36 bits per heavy atom. The minimum absolute atomic E-state index is 0.0194. The van der Waals surface area contributed by atoms with Crippen LogP contribution in [0.1, 0.15) is 18.4 Å². The quantitative estimate of drug-likeness (QED) is 0.493. The summed E-state index contributed by atoms with van der Waals surface area (Å²) in [6.45, 7) is 0. The summed E-state index contributed by atoms with van der Waals surface area (Å²) < 4.78 is 14.2. The highest BCUT2D eigenvalue weighted by atomic mass is 35.5. The molecule has 22 heavy (non-hydrogen) atoms. The van der Waals surface area contributed by atoms with Gasteiger partial charge in [-0.2, -0.15) is 0 Å². The van der Waals surface area contributed by atoms with E-state index in [1.165, 1.54) is 6.07 Å². The van der Waals surface area contributed by atoms with E-state index in [9.17, 15) is 9.18 Å². The Balaban J connectivity index is 2.29. The van der Waals surface area contributed by atoms with Gasteiger partial charge in [0.1, 0.15) is 5.82 Å². The summed E-state index contributed by atoms with van der Waals surface area (Å²) in [5.74, 6) is -1.50. The SMILES string of the molecule is O=C(O)CCC(=NO)c1ccc(-c2ccc(Cl)cc2)c(F)c1. The van der Waals surface area contributed by atoms with Crippen molar-refractivity contribution in [3.05, 3.63) is 58.9 Å². The fourth-order valence-electron chi connectivity index (χ4n) is 2.04. The Labute approximate surface area is 131 Å². The molecule has 2 N–H and O–H groups in total. The lowest BCUT2D eigenvalue weighted by Gasteiger charge is -2.08. The van der Waals surface area contributed by atoms with Crippen LogP contribution in [-0.4, -0.2) is 22.0 Å². The van der Waals surface area contributed by atoms with Crippen LogP contribution < -0.4 is 0 Å². The van der Waals surface area contributed by atoms with Gasteiger partial charge in [-0.15, -0.1) is 0 Å². The topological polar surface area (TPSA) is 69.9 Å². The fourth-order valence-corrected chi connectivity index (χ4v) is 2.16. The van der Waals surface area contributed by atoms with Crippen LogP contribution in [-0.2, 0) is 4.79 Å². The van der Waals surface area contributed by atoms with E-state index >= 15 is 0 Å². The number of rotatable bonds is 5. The Hall–Kier alpha value is -2.40. The second kappa shape index (κ2) is 7.04. The Bertz CT molecular complexity index is 714. The number of carbonyl (C=O) groups is 1. The zero-order chi connectivity index (χ0) is 16.1. The highest BCUT2D eigenvalue weighted by Gasteiger charge is 2.12. The monoisotopic (exact) mass is 321 g/mol. The van der Waals surface area contributed by atoms with Gasteiger partial charge in [-0.1, -0.05) is 41.0 Å². The van der Waals surface area contributed by atoms with Crippen molar-refractivity contribution in [1.82, 2.24) is 0 Å². The number of oxime groups is 1. The molecule has 0 radical (unpaired) electrons. The van der Waals surface area contributed by atoms with Crippen LogP contribution in [0.2, 0.25) is 5.02 Å². The minimum atomic E-state index is -1.01. The molecule has 0 aromatic heterocycles. The molecule has 0 aliphatic heterocycles. The summed E-state index contributed by atoms with van der Waals surface area (Å²) in [6.07, 6.45) is -0.175. The third-order valence-electron chi connectivity index (χ3n) is 3.15. The van der Waals surface area contributed by atoms with Crippen LogP contribution in [0, 0.1) is 5.82 Å². The molecular formula is C16H13ClFNO3. The van der Waals surface area contributed by atoms with E-state index < -0.39 is 11.8 Å². The van der Waals surface area contributed by atoms with Crippen molar-refractivity contribution in [2.45, 2.75) is 12.8 Å². The highest BCUT2D eigenvalue weighted by molar-refractivity contribution is 6.30. The van der Waals surface area contributed by atoms with Gasteiger partial charge in [0.2, 0.25) is 0 Å². The van der Waals surface area contributed by atoms with E-state index in [4.69, 9.17) is 21.9 Å². The molecule has 0 amide bonds. The van der Waals surface area contributed by atoms with Gasteiger partial charge < -0.3 is 10.3 Å². The lowest BCUT2D eigenvalue weighted by atomic mass is 10.00. The largest absolute Gasteiger partial charge is 0.481 e. The molecule has 0 saturated heterocycles. The Morgan fingerprint density at radius 2 is 1.82 bits per heavy atom. The van der Waals surface area contributed by atoms with Crippen LogP contribution in [0.25, 0.3) is 11.1 Å². The number of halogens is 2. The maximum absolute atomic E-state index is 14.2. The molecule has 0 heterocycles. The molecular weight excluding hydrogens is 309 g/mol. The highest BCUT2D eigenvalue weighted by Crippen LogP contribution is 2.25. The summed E-state index contributed by atoms with van der Waals surface area (Å²) in [7, 11) is 0. The first-order valence-corrected chi connectivity index (χ1v) is 6.87. The molecule has 0 saturated carbocycles. The van der Waals surface area contributed by atoms with Gasteiger partial charge in [0, 0.05) is 22.6 Å². The van der Waals surface area contributed by atoms with Crippen molar-refractivity contribution < 1.29 is 19.5 Å². The number of aliphatic carboxylic acids is 1. The number of hydrogen-bond acceptors (Lipinski definition) is 3. The number of carboxylic acids is 1. The van der Waals surface area contributed by atoms with Crippen LogP contribution in [0.15, 0.2) is 47.6 Å². The second-order valence-corrected chi connectivity index (χ2v) is 5.08. The molecule has 2 aromatic rings. The first-order valence-electron chi connectivity index (χ1n) is 6.50. The molecule has 6 heteroatoms.